The van der Waals surface area contributed by atoms with Gasteiger partial charge in [0.25, 0.3) is 0 Å². The molecule has 61 heavy (non-hydrogen) atoms. The molecule has 13 heteroatoms. The van der Waals surface area contributed by atoms with E-state index in [-0.39, 0.29) is 19.3 Å². The second-order valence-electron chi connectivity index (χ2n) is 14.3. The first kappa shape index (κ1) is 57.1. The highest BCUT2D eigenvalue weighted by molar-refractivity contribution is 7.47. The van der Waals surface area contributed by atoms with Crippen molar-refractivity contribution < 1.29 is 52.6 Å². The van der Waals surface area contributed by atoms with Gasteiger partial charge in [0.1, 0.15) is 12.6 Å². The minimum absolute atomic E-state index is 0.0572. The van der Waals surface area contributed by atoms with Crippen molar-refractivity contribution in [2.75, 3.05) is 19.8 Å². The standard InChI is InChI=1S/C48H76NO11P/c1-3-5-7-9-11-13-15-17-18-19-20-22-24-26-28-30-34-38-46(51)57-40-44(41-58-61(55,56)59-42-45(49)48(53)54)60-47(52)39-35-31-33-37-43(50)36-32-29-27-25-23-21-16-14-12-10-8-6-4-2/h6,8,11-14,17-18,20-23,27,29,31-33,36,43-45,50H,3-5,7,9-10,15-16,19,24-26,28,30,34-35,37-42,49H2,1-2H3,(H,53,54)(H,55,56)/b8-6-,13-11-,14-12-,18-17-,22-20-,23-21-,29-27-,33-31-,36-32-/t43?,44-,45+/m1/s1. The van der Waals surface area contributed by atoms with Gasteiger partial charge in [-0.2, -0.15) is 0 Å². The molecule has 0 aliphatic carbocycles. The SMILES string of the molecule is CC/C=C\C/C=C\C/C=C\C/C=C\C=C/C(O)C/C=C\CCC(=O)O[C@H](COC(=O)CCCCCC/C=C\C/C=C\C/C=C\CCCCC)COP(=O)(O)OC[C@H](N)C(=O)O. The Morgan fingerprint density at radius 2 is 1.15 bits per heavy atom. The molecule has 0 aliphatic rings. The molecule has 0 radical (unpaired) electrons. The number of carbonyl (C=O) groups excluding carboxylic acids is 2. The number of carboxylic acids is 1. The third kappa shape index (κ3) is 41.2. The molecule has 2 unspecified atom stereocenters. The monoisotopic (exact) mass is 874 g/mol. The van der Waals surface area contributed by atoms with Crippen LogP contribution >= 0.6 is 7.82 Å². The number of unbranched alkanes of at least 4 members (excludes halogenated alkanes) is 7. The Morgan fingerprint density at radius 3 is 1.75 bits per heavy atom. The van der Waals surface area contributed by atoms with Gasteiger partial charge in [-0.05, 0) is 83.5 Å². The Labute approximate surface area is 366 Å². The number of hydrogen-bond acceptors (Lipinski definition) is 10. The quantitative estimate of drug-likeness (QED) is 0.0150. The van der Waals surface area contributed by atoms with Crippen molar-refractivity contribution in [1.29, 1.82) is 0 Å². The lowest BCUT2D eigenvalue weighted by atomic mass is 10.1. The number of hydrogen-bond donors (Lipinski definition) is 4. The number of rotatable bonds is 39. The molecule has 0 aromatic heterocycles. The van der Waals surface area contributed by atoms with Crippen LogP contribution in [0.4, 0.5) is 0 Å². The molecule has 0 bridgehead atoms. The zero-order valence-corrected chi connectivity index (χ0v) is 37.7. The van der Waals surface area contributed by atoms with Crippen LogP contribution in [-0.4, -0.2) is 71.1 Å². The Balaban J connectivity index is 4.65. The van der Waals surface area contributed by atoms with Gasteiger partial charge in [0.15, 0.2) is 6.10 Å². The molecule has 0 aromatic carbocycles. The van der Waals surface area contributed by atoms with Crippen molar-refractivity contribution in [1.82, 2.24) is 0 Å². The Kier molecular flexibility index (Phi) is 38.8. The van der Waals surface area contributed by atoms with E-state index < -0.39 is 63.8 Å². The van der Waals surface area contributed by atoms with Crippen LogP contribution in [0.3, 0.4) is 0 Å². The first-order valence-corrected chi connectivity index (χ1v) is 23.5. The van der Waals surface area contributed by atoms with Gasteiger partial charge in [-0.3, -0.25) is 23.4 Å². The fourth-order valence-electron chi connectivity index (χ4n) is 5.12. The molecular weight excluding hydrogens is 797 g/mol. The molecule has 344 valence electrons. The van der Waals surface area contributed by atoms with E-state index in [1.54, 1.807) is 24.3 Å². The van der Waals surface area contributed by atoms with Crippen molar-refractivity contribution in [2.24, 2.45) is 5.73 Å². The molecule has 12 nitrogen and oxygen atoms in total. The summed E-state index contributed by atoms with van der Waals surface area (Å²) in [4.78, 5) is 46.0. The predicted molar refractivity (Wildman–Crippen MR) is 246 cm³/mol. The van der Waals surface area contributed by atoms with Crippen LogP contribution in [-0.2, 0) is 37.5 Å². The lowest BCUT2D eigenvalue weighted by Gasteiger charge is -2.20. The maximum Gasteiger partial charge on any atom is 0.472 e. The first-order chi connectivity index (χ1) is 29.5. The van der Waals surface area contributed by atoms with Gasteiger partial charge in [-0.25, -0.2) is 4.57 Å². The van der Waals surface area contributed by atoms with Crippen molar-refractivity contribution in [3.63, 3.8) is 0 Å². The van der Waals surface area contributed by atoms with Crippen LogP contribution in [0.2, 0.25) is 0 Å². The lowest BCUT2D eigenvalue weighted by Crippen LogP contribution is -2.34. The summed E-state index contributed by atoms with van der Waals surface area (Å²) in [6.45, 7) is 2.43. The number of phosphoric ester groups is 1. The molecule has 0 rings (SSSR count). The summed E-state index contributed by atoms with van der Waals surface area (Å²) in [5, 5.41) is 19.1. The van der Waals surface area contributed by atoms with Crippen molar-refractivity contribution in [2.45, 2.75) is 154 Å². The van der Waals surface area contributed by atoms with Gasteiger partial charge in [0.2, 0.25) is 0 Å². The highest BCUT2D eigenvalue weighted by Crippen LogP contribution is 2.43. The summed E-state index contributed by atoms with van der Waals surface area (Å²) in [5.41, 5.74) is 5.32. The highest BCUT2D eigenvalue weighted by Gasteiger charge is 2.28. The predicted octanol–water partition coefficient (Wildman–Crippen LogP) is 10.8. The number of esters is 2. The summed E-state index contributed by atoms with van der Waals surface area (Å²) >= 11 is 0. The number of allylic oxidation sites excluding steroid dienone is 16. The zero-order valence-electron chi connectivity index (χ0n) is 36.8. The normalized spacial score (nSPS) is 15.2. The average Bonchev–Trinajstić information content (AvgIpc) is 3.23. The van der Waals surface area contributed by atoms with Gasteiger partial charge in [0, 0.05) is 12.8 Å². The number of phosphoric acid groups is 1. The maximum atomic E-state index is 12.6. The Morgan fingerprint density at radius 1 is 0.607 bits per heavy atom. The topological polar surface area (TPSA) is 192 Å². The first-order valence-electron chi connectivity index (χ1n) is 22.0. The van der Waals surface area contributed by atoms with E-state index in [9.17, 15) is 28.9 Å². The van der Waals surface area contributed by atoms with Crippen molar-refractivity contribution in [3.05, 3.63) is 109 Å². The molecule has 0 spiro atoms. The third-order valence-electron chi connectivity index (χ3n) is 8.60. The van der Waals surface area contributed by atoms with Crippen LogP contribution < -0.4 is 5.73 Å². The van der Waals surface area contributed by atoms with Crippen molar-refractivity contribution in [3.8, 4) is 0 Å². The summed E-state index contributed by atoms with van der Waals surface area (Å²) in [6, 6.07) is -1.56. The fraction of sp³-hybridized carbons (Fsp3) is 0.562. The fourth-order valence-corrected chi connectivity index (χ4v) is 5.90. The molecule has 4 atom stereocenters. The van der Waals surface area contributed by atoms with Crippen LogP contribution in [0, 0.1) is 0 Å². The minimum atomic E-state index is -4.78. The average molecular weight is 874 g/mol. The molecule has 0 aliphatic heterocycles. The molecule has 0 amide bonds. The number of ether oxygens (including phenoxy) is 2. The van der Waals surface area contributed by atoms with E-state index in [0.717, 1.165) is 70.6 Å². The maximum absolute atomic E-state index is 12.6. The molecule has 0 saturated carbocycles. The van der Waals surface area contributed by atoms with Crippen LogP contribution in [0.25, 0.3) is 0 Å². The summed E-state index contributed by atoms with van der Waals surface area (Å²) in [6.07, 6.45) is 50.4. The van der Waals surface area contributed by atoms with Crippen molar-refractivity contribution >= 4 is 25.7 Å². The Bertz CT molecular complexity index is 1460. The second-order valence-corrected chi connectivity index (χ2v) is 15.7. The Hall–Kier alpha value is -3.90. The van der Waals surface area contributed by atoms with E-state index >= 15 is 0 Å². The van der Waals surface area contributed by atoms with E-state index in [0.29, 0.717) is 12.8 Å². The van der Waals surface area contributed by atoms with E-state index in [1.165, 1.54) is 19.3 Å². The molecule has 0 aromatic rings. The highest BCUT2D eigenvalue weighted by atomic mass is 31.2. The molecule has 5 N–H and O–H groups in total. The second kappa shape index (κ2) is 41.5. The number of aliphatic carboxylic acids is 1. The summed E-state index contributed by atoms with van der Waals surface area (Å²) < 4.78 is 32.5. The number of carbonyl (C=O) groups is 3. The van der Waals surface area contributed by atoms with Gasteiger partial charge in [-0.15, -0.1) is 0 Å². The largest absolute Gasteiger partial charge is 0.480 e. The van der Waals surface area contributed by atoms with E-state index in [1.807, 2.05) is 12.2 Å². The molecular formula is C48H76NO11P. The van der Waals surface area contributed by atoms with Crippen LogP contribution in [0.15, 0.2) is 109 Å². The van der Waals surface area contributed by atoms with Gasteiger partial charge in [-0.1, -0.05) is 149 Å². The lowest BCUT2D eigenvalue weighted by molar-refractivity contribution is -0.161. The van der Waals surface area contributed by atoms with Crippen LogP contribution in [0.5, 0.6) is 0 Å². The summed E-state index contributed by atoms with van der Waals surface area (Å²) in [7, 11) is -4.78. The number of aliphatic hydroxyl groups excluding tert-OH is 1. The van der Waals surface area contributed by atoms with Crippen LogP contribution in [0.1, 0.15) is 136 Å². The number of carboxylic acid groups (broad SMARTS) is 1. The van der Waals surface area contributed by atoms with Gasteiger partial charge < -0.3 is 30.3 Å². The van der Waals surface area contributed by atoms with Gasteiger partial charge >= 0.3 is 25.7 Å². The molecule has 0 saturated heterocycles. The summed E-state index contributed by atoms with van der Waals surface area (Å²) in [5.74, 6) is -2.63. The number of nitrogens with two attached hydrogens (primary N) is 1. The molecule has 0 heterocycles. The van der Waals surface area contributed by atoms with E-state index in [4.69, 9.17) is 24.8 Å². The third-order valence-corrected chi connectivity index (χ3v) is 9.55. The minimum Gasteiger partial charge on any atom is -0.480 e. The molecule has 0 fully saturated rings. The van der Waals surface area contributed by atoms with Gasteiger partial charge in [0.05, 0.1) is 19.3 Å². The zero-order chi connectivity index (χ0) is 45.1. The van der Waals surface area contributed by atoms with E-state index in [2.05, 4.69) is 91.3 Å². The number of aliphatic hydroxyl groups is 1. The smallest absolute Gasteiger partial charge is 0.472 e.